The molecule has 0 spiro atoms. The number of nitrogens with zero attached hydrogens (tertiary/aromatic N) is 1. The van der Waals surface area contributed by atoms with Gasteiger partial charge in [-0.3, -0.25) is 9.59 Å². The number of carboxylic acids is 1. The Labute approximate surface area is 187 Å². The second kappa shape index (κ2) is 8.37. The smallest absolute Gasteiger partial charge is 0.417 e. The van der Waals surface area contributed by atoms with Gasteiger partial charge < -0.3 is 15.0 Å². The number of pyridine rings is 1. The van der Waals surface area contributed by atoms with Gasteiger partial charge in [0, 0.05) is 12.4 Å². The third kappa shape index (κ3) is 3.87. The van der Waals surface area contributed by atoms with E-state index in [1.807, 2.05) is 0 Å². The van der Waals surface area contributed by atoms with Crippen molar-refractivity contribution in [2.24, 2.45) is 7.05 Å². The molecule has 0 saturated heterocycles. The van der Waals surface area contributed by atoms with Gasteiger partial charge in [0.15, 0.2) is 0 Å². The number of hydrogen-bond acceptors (Lipinski definition) is 3. The minimum absolute atomic E-state index is 0.0589. The molecule has 0 aliphatic heterocycles. The van der Waals surface area contributed by atoms with Crippen molar-refractivity contribution in [2.45, 2.75) is 18.6 Å². The number of hydrogen-bond donors (Lipinski definition) is 2. The van der Waals surface area contributed by atoms with Crippen molar-refractivity contribution in [3.8, 4) is 11.1 Å². The molecule has 3 aromatic carbocycles. The monoisotopic (exact) mass is 454 g/mol. The second-order valence-electron chi connectivity index (χ2n) is 7.83. The first-order valence-corrected chi connectivity index (χ1v) is 10.2. The maximum absolute atomic E-state index is 14.3. The van der Waals surface area contributed by atoms with Crippen LogP contribution >= 0.6 is 0 Å². The quantitative estimate of drug-likeness (QED) is 0.463. The minimum atomic E-state index is -4.76. The molecule has 1 heterocycles. The Morgan fingerprint density at radius 3 is 2.30 bits per heavy atom. The number of fused-ring (bicyclic) bond motifs is 2. The summed E-state index contributed by atoms with van der Waals surface area (Å²) in [6, 6.07) is 15.0. The van der Waals surface area contributed by atoms with E-state index in [1.54, 1.807) is 36.4 Å². The standard InChI is InChI=1S/C25H21F3N2O3/c1-29-19(24(32)33)13-14-7-5-10-16-15(14)9-6-11-17(16)21-22(25(26,27)28)18-8-3-4-12-20(18)30(2)23(21)31/h3-12,19,29H,13H2,1-2H3,(H,32,33). The van der Waals surface area contributed by atoms with E-state index in [0.717, 1.165) is 0 Å². The summed E-state index contributed by atoms with van der Waals surface area (Å²) in [7, 11) is 2.99. The average molecular weight is 454 g/mol. The Bertz CT molecular complexity index is 1440. The van der Waals surface area contributed by atoms with E-state index in [9.17, 15) is 27.9 Å². The predicted octanol–water partition coefficient (Wildman–Crippen LogP) is 4.59. The fourth-order valence-electron chi connectivity index (χ4n) is 4.34. The number of benzene rings is 3. The number of nitrogens with one attached hydrogen (secondary N) is 1. The molecule has 0 bridgehead atoms. The second-order valence-corrected chi connectivity index (χ2v) is 7.83. The molecular weight excluding hydrogens is 433 g/mol. The number of carbonyl (C=O) groups is 1. The lowest BCUT2D eigenvalue weighted by molar-refractivity contribution is -0.139. The fraction of sp³-hybridized carbons (Fsp3) is 0.200. The van der Waals surface area contributed by atoms with Gasteiger partial charge in [-0.15, -0.1) is 0 Å². The molecule has 0 saturated carbocycles. The molecule has 5 nitrogen and oxygen atoms in total. The van der Waals surface area contributed by atoms with Crippen LogP contribution in [0.5, 0.6) is 0 Å². The Kier molecular flexibility index (Phi) is 5.71. The van der Waals surface area contributed by atoms with Crippen LogP contribution in [0.3, 0.4) is 0 Å². The first kappa shape index (κ1) is 22.5. The van der Waals surface area contributed by atoms with Crippen molar-refractivity contribution in [1.82, 2.24) is 9.88 Å². The predicted molar refractivity (Wildman–Crippen MR) is 121 cm³/mol. The number of aryl methyl sites for hydroxylation is 1. The van der Waals surface area contributed by atoms with Crippen LogP contribution in [0.1, 0.15) is 11.1 Å². The van der Waals surface area contributed by atoms with Gasteiger partial charge in [-0.1, -0.05) is 54.6 Å². The highest BCUT2D eigenvalue weighted by molar-refractivity contribution is 6.01. The van der Waals surface area contributed by atoms with E-state index in [-0.39, 0.29) is 22.9 Å². The summed E-state index contributed by atoms with van der Waals surface area (Å²) in [4.78, 5) is 24.8. The maximum atomic E-state index is 14.3. The van der Waals surface area contributed by atoms with Crippen LogP contribution in [0, 0.1) is 0 Å². The Morgan fingerprint density at radius 2 is 1.64 bits per heavy atom. The highest BCUT2D eigenvalue weighted by Crippen LogP contribution is 2.41. The van der Waals surface area contributed by atoms with E-state index in [1.165, 1.54) is 42.9 Å². The lowest BCUT2D eigenvalue weighted by Crippen LogP contribution is -2.35. The molecule has 1 atom stereocenters. The third-order valence-electron chi connectivity index (χ3n) is 5.94. The summed E-state index contributed by atoms with van der Waals surface area (Å²) >= 11 is 0. The van der Waals surface area contributed by atoms with Crippen LogP contribution in [0.25, 0.3) is 32.8 Å². The van der Waals surface area contributed by atoms with E-state index in [4.69, 9.17) is 0 Å². The Balaban J connectivity index is 2.08. The van der Waals surface area contributed by atoms with Crippen molar-refractivity contribution in [2.75, 3.05) is 7.05 Å². The van der Waals surface area contributed by atoms with Crippen molar-refractivity contribution < 1.29 is 23.1 Å². The Hall–Kier alpha value is -3.65. The molecule has 170 valence electrons. The summed E-state index contributed by atoms with van der Waals surface area (Å²) in [6.45, 7) is 0. The highest BCUT2D eigenvalue weighted by atomic mass is 19.4. The first-order chi connectivity index (χ1) is 15.6. The molecule has 8 heteroatoms. The molecule has 0 aliphatic rings. The van der Waals surface area contributed by atoms with Gasteiger partial charge in [-0.25, -0.2) is 0 Å². The van der Waals surface area contributed by atoms with E-state index >= 15 is 0 Å². The number of likely N-dealkylation sites (N-methyl/N-ethyl adjacent to an activating group) is 1. The molecule has 4 rings (SSSR count). The molecular formula is C25H21F3N2O3. The van der Waals surface area contributed by atoms with Crippen molar-refractivity contribution in [1.29, 1.82) is 0 Å². The number of alkyl halides is 3. The molecule has 4 aromatic rings. The molecule has 0 fully saturated rings. The van der Waals surface area contributed by atoms with Gasteiger partial charge in [0.25, 0.3) is 5.56 Å². The number of aromatic nitrogens is 1. The number of rotatable bonds is 5. The summed E-state index contributed by atoms with van der Waals surface area (Å²) in [5.41, 5.74) is -1.14. The lowest BCUT2D eigenvalue weighted by Gasteiger charge is -2.20. The van der Waals surface area contributed by atoms with Gasteiger partial charge in [-0.05, 0) is 41.4 Å². The molecule has 2 N–H and O–H groups in total. The molecule has 0 aliphatic carbocycles. The number of halogens is 3. The van der Waals surface area contributed by atoms with E-state index in [2.05, 4.69) is 5.32 Å². The van der Waals surface area contributed by atoms with Gasteiger partial charge in [0.2, 0.25) is 0 Å². The minimum Gasteiger partial charge on any atom is -0.480 e. The molecule has 0 amide bonds. The molecule has 1 unspecified atom stereocenters. The van der Waals surface area contributed by atoms with Crippen LogP contribution in [-0.2, 0) is 24.4 Å². The summed E-state index contributed by atoms with van der Waals surface area (Å²) < 4.78 is 44.2. The van der Waals surface area contributed by atoms with Gasteiger partial charge in [0.05, 0.1) is 16.6 Å². The zero-order valence-corrected chi connectivity index (χ0v) is 17.9. The molecule has 1 aromatic heterocycles. The SMILES string of the molecule is CNC(Cc1cccc2c(-c3c(C(F)(F)F)c4ccccc4n(C)c3=O)cccc12)C(=O)O. The zero-order chi connectivity index (χ0) is 23.9. The van der Waals surface area contributed by atoms with Crippen molar-refractivity contribution >= 4 is 27.6 Å². The van der Waals surface area contributed by atoms with Crippen molar-refractivity contribution in [3.63, 3.8) is 0 Å². The largest absolute Gasteiger partial charge is 0.480 e. The fourth-order valence-corrected chi connectivity index (χ4v) is 4.34. The zero-order valence-electron chi connectivity index (χ0n) is 17.9. The van der Waals surface area contributed by atoms with Crippen LogP contribution < -0.4 is 10.9 Å². The third-order valence-corrected chi connectivity index (χ3v) is 5.94. The highest BCUT2D eigenvalue weighted by Gasteiger charge is 2.38. The van der Waals surface area contributed by atoms with E-state index in [0.29, 0.717) is 16.3 Å². The topological polar surface area (TPSA) is 71.3 Å². The van der Waals surface area contributed by atoms with Crippen LogP contribution in [0.15, 0.2) is 65.5 Å². The van der Waals surface area contributed by atoms with Gasteiger partial charge in [-0.2, -0.15) is 13.2 Å². The maximum Gasteiger partial charge on any atom is 0.417 e. The summed E-state index contributed by atoms with van der Waals surface area (Å²) in [5, 5.41) is 13.1. The summed E-state index contributed by atoms with van der Waals surface area (Å²) in [5.74, 6) is -1.03. The molecule has 0 radical (unpaired) electrons. The number of para-hydroxylation sites is 1. The number of aliphatic carboxylic acids is 1. The van der Waals surface area contributed by atoms with Gasteiger partial charge in [0.1, 0.15) is 6.04 Å². The number of carboxylic acid groups (broad SMARTS) is 1. The first-order valence-electron chi connectivity index (χ1n) is 10.2. The Morgan fingerprint density at radius 1 is 1.00 bits per heavy atom. The van der Waals surface area contributed by atoms with Crippen LogP contribution in [-0.4, -0.2) is 28.7 Å². The van der Waals surface area contributed by atoms with E-state index < -0.39 is 34.9 Å². The summed E-state index contributed by atoms with van der Waals surface area (Å²) in [6.07, 6.45) is -4.63. The normalized spacial score (nSPS) is 12.9. The van der Waals surface area contributed by atoms with Crippen LogP contribution in [0.4, 0.5) is 13.2 Å². The van der Waals surface area contributed by atoms with Crippen LogP contribution in [0.2, 0.25) is 0 Å². The van der Waals surface area contributed by atoms with Crippen molar-refractivity contribution in [3.05, 3.63) is 82.1 Å². The average Bonchev–Trinajstić information content (AvgIpc) is 2.78. The molecule has 33 heavy (non-hydrogen) atoms. The lowest BCUT2D eigenvalue weighted by atomic mass is 9.90. The van der Waals surface area contributed by atoms with Gasteiger partial charge >= 0.3 is 12.1 Å².